The van der Waals surface area contributed by atoms with Crippen molar-refractivity contribution < 1.29 is 9.00 Å². The van der Waals surface area contributed by atoms with Gasteiger partial charge in [0.25, 0.3) is 0 Å². The molecule has 0 radical (unpaired) electrons. The minimum Gasteiger partial charge on any atom is -0.354 e. The van der Waals surface area contributed by atoms with Crippen molar-refractivity contribution in [2.45, 2.75) is 50.8 Å². The van der Waals surface area contributed by atoms with Crippen LogP contribution in [0.3, 0.4) is 0 Å². The van der Waals surface area contributed by atoms with Crippen molar-refractivity contribution in [3.05, 3.63) is 0 Å². The molecule has 0 aromatic carbocycles. The zero-order valence-corrected chi connectivity index (χ0v) is 11.9. The van der Waals surface area contributed by atoms with Gasteiger partial charge >= 0.3 is 0 Å². The molecule has 1 heterocycles. The van der Waals surface area contributed by atoms with E-state index in [-0.39, 0.29) is 16.7 Å². The third kappa shape index (κ3) is 5.17. The second kappa shape index (κ2) is 6.50. The van der Waals surface area contributed by atoms with Crippen LogP contribution in [0.15, 0.2) is 0 Å². The van der Waals surface area contributed by atoms with Crippen LogP contribution in [0.2, 0.25) is 0 Å². The average molecular weight is 260 g/mol. The van der Waals surface area contributed by atoms with Gasteiger partial charge in [-0.1, -0.05) is 6.42 Å². The van der Waals surface area contributed by atoms with Crippen LogP contribution in [-0.4, -0.2) is 39.7 Å². The minimum atomic E-state index is -0.894. The third-order valence-electron chi connectivity index (χ3n) is 2.90. The summed E-state index contributed by atoms with van der Waals surface area (Å²) in [4.78, 5) is 11.8. The van der Waals surface area contributed by atoms with E-state index in [1.807, 2.05) is 20.8 Å². The lowest BCUT2D eigenvalue weighted by atomic mass is 10.0. The molecule has 0 spiro atoms. The monoisotopic (exact) mass is 260 g/mol. The summed E-state index contributed by atoms with van der Waals surface area (Å²) < 4.78 is 11.6. The van der Waals surface area contributed by atoms with Gasteiger partial charge in [-0.3, -0.25) is 9.00 Å². The van der Waals surface area contributed by atoms with Gasteiger partial charge in [0, 0.05) is 27.8 Å². The first-order valence-electron chi connectivity index (χ1n) is 6.31. The predicted molar refractivity (Wildman–Crippen MR) is 71.4 cm³/mol. The molecule has 1 rings (SSSR count). The molecular weight excluding hydrogens is 236 g/mol. The van der Waals surface area contributed by atoms with Crippen LogP contribution in [0.4, 0.5) is 0 Å². The first kappa shape index (κ1) is 14.6. The Morgan fingerprint density at radius 3 is 2.65 bits per heavy atom. The smallest absolute Gasteiger partial charge is 0.237 e. The molecule has 1 aliphatic heterocycles. The number of nitrogens with one attached hydrogen (secondary N) is 2. The summed E-state index contributed by atoms with van der Waals surface area (Å²) in [6, 6.07) is -0.0492. The minimum absolute atomic E-state index is 0.0492. The van der Waals surface area contributed by atoms with Crippen molar-refractivity contribution in [1.29, 1.82) is 0 Å². The molecule has 0 aromatic heterocycles. The second-order valence-electron chi connectivity index (χ2n) is 5.46. The van der Waals surface area contributed by atoms with Crippen molar-refractivity contribution in [2.75, 3.05) is 18.8 Å². The van der Waals surface area contributed by atoms with Crippen LogP contribution in [0.25, 0.3) is 0 Å². The molecule has 0 bridgehead atoms. The fraction of sp³-hybridized carbons (Fsp3) is 0.917. The van der Waals surface area contributed by atoms with E-state index in [4.69, 9.17) is 0 Å². The van der Waals surface area contributed by atoms with E-state index < -0.39 is 10.8 Å². The highest BCUT2D eigenvalue weighted by atomic mass is 32.2. The first-order chi connectivity index (χ1) is 7.91. The molecule has 2 atom stereocenters. The maximum Gasteiger partial charge on any atom is 0.237 e. The Morgan fingerprint density at radius 1 is 1.41 bits per heavy atom. The molecule has 1 aliphatic rings. The van der Waals surface area contributed by atoms with Crippen LogP contribution in [-0.2, 0) is 15.6 Å². The van der Waals surface area contributed by atoms with Gasteiger partial charge in [0.2, 0.25) is 5.91 Å². The molecule has 100 valence electrons. The molecule has 1 amide bonds. The number of carbonyl (C=O) groups excluding carboxylic acids is 1. The normalized spacial score (nSPS) is 23.1. The quantitative estimate of drug-likeness (QED) is 0.786. The van der Waals surface area contributed by atoms with Gasteiger partial charge < -0.3 is 10.6 Å². The first-order valence-corrected chi connectivity index (χ1v) is 7.63. The maximum absolute atomic E-state index is 11.8. The molecule has 0 aromatic rings. The van der Waals surface area contributed by atoms with Crippen molar-refractivity contribution in [3.63, 3.8) is 0 Å². The molecule has 1 saturated heterocycles. The highest BCUT2D eigenvalue weighted by Gasteiger charge is 2.22. The number of hydrogen-bond acceptors (Lipinski definition) is 3. The molecule has 0 saturated carbocycles. The maximum atomic E-state index is 11.8. The zero-order chi connectivity index (χ0) is 12.9. The highest BCUT2D eigenvalue weighted by molar-refractivity contribution is 7.86. The fourth-order valence-corrected chi connectivity index (χ4v) is 2.67. The lowest BCUT2D eigenvalue weighted by molar-refractivity contribution is -0.123. The van der Waals surface area contributed by atoms with Gasteiger partial charge in [0.15, 0.2) is 0 Å². The molecule has 1 fully saturated rings. The van der Waals surface area contributed by atoms with E-state index in [1.165, 1.54) is 0 Å². The largest absolute Gasteiger partial charge is 0.354 e. The lowest BCUT2D eigenvalue weighted by Crippen LogP contribution is -2.47. The molecule has 17 heavy (non-hydrogen) atoms. The molecule has 4 nitrogen and oxygen atoms in total. The van der Waals surface area contributed by atoms with Gasteiger partial charge in [-0.25, -0.2) is 0 Å². The molecule has 2 unspecified atom stereocenters. The Morgan fingerprint density at radius 2 is 2.12 bits per heavy atom. The van der Waals surface area contributed by atoms with E-state index >= 15 is 0 Å². The van der Waals surface area contributed by atoms with Gasteiger partial charge in [0.1, 0.15) is 0 Å². The fourth-order valence-electron chi connectivity index (χ4n) is 1.77. The third-order valence-corrected chi connectivity index (χ3v) is 4.84. The van der Waals surface area contributed by atoms with Crippen LogP contribution < -0.4 is 10.6 Å². The van der Waals surface area contributed by atoms with Crippen LogP contribution in [0.1, 0.15) is 40.0 Å². The zero-order valence-electron chi connectivity index (χ0n) is 11.0. The Bertz CT molecular complexity index is 281. The summed E-state index contributed by atoms with van der Waals surface area (Å²) in [5.74, 6) is 0.581. The molecule has 2 N–H and O–H groups in total. The Kier molecular flexibility index (Phi) is 5.59. The van der Waals surface area contributed by atoms with Crippen LogP contribution in [0, 0.1) is 0 Å². The van der Waals surface area contributed by atoms with E-state index in [9.17, 15) is 9.00 Å². The Labute approximate surface area is 106 Å². The summed E-state index contributed by atoms with van der Waals surface area (Å²) in [6.45, 7) is 7.28. The number of amides is 1. The highest BCUT2D eigenvalue weighted by Crippen LogP contribution is 2.10. The number of carbonyl (C=O) groups is 1. The van der Waals surface area contributed by atoms with Crippen molar-refractivity contribution in [1.82, 2.24) is 10.6 Å². The van der Waals surface area contributed by atoms with E-state index in [1.54, 1.807) is 0 Å². The summed E-state index contributed by atoms with van der Waals surface area (Å²) >= 11 is 0. The van der Waals surface area contributed by atoms with E-state index in [0.29, 0.717) is 12.3 Å². The Hall–Kier alpha value is -0.420. The van der Waals surface area contributed by atoms with Gasteiger partial charge in [-0.05, 0) is 40.2 Å². The molecular formula is C12H24N2O2S. The van der Waals surface area contributed by atoms with Crippen LogP contribution in [0.5, 0.6) is 0 Å². The van der Waals surface area contributed by atoms with Crippen molar-refractivity contribution in [3.8, 4) is 0 Å². The topological polar surface area (TPSA) is 58.2 Å². The summed E-state index contributed by atoms with van der Waals surface area (Å²) in [7, 11) is -0.894. The van der Waals surface area contributed by atoms with Crippen molar-refractivity contribution >= 4 is 16.7 Å². The summed E-state index contributed by atoms with van der Waals surface area (Å²) in [5.41, 5.74) is 0. The number of hydrogen-bond donors (Lipinski definition) is 2. The Balaban J connectivity index is 2.22. The van der Waals surface area contributed by atoms with E-state index in [0.717, 1.165) is 25.8 Å². The summed E-state index contributed by atoms with van der Waals surface area (Å²) in [5, 5.41) is 6.06. The lowest BCUT2D eigenvalue weighted by Gasteiger charge is -2.23. The predicted octanol–water partition coefficient (Wildman–Crippen LogP) is 0.792. The number of piperidine rings is 1. The average Bonchev–Trinajstić information content (AvgIpc) is 2.28. The number of rotatable bonds is 4. The SMILES string of the molecule is CC(C)(C)S(=O)CCNC(=O)C1CCCCN1. The standard InChI is InChI=1S/C12H24N2O2S/c1-12(2,3)17(16)9-8-14-11(15)10-6-4-5-7-13-10/h10,13H,4-9H2,1-3H3,(H,14,15). The molecule has 5 heteroatoms. The van der Waals surface area contributed by atoms with Crippen molar-refractivity contribution in [2.24, 2.45) is 0 Å². The van der Waals surface area contributed by atoms with Crippen LogP contribution >= 0.6 is 0 Å². The van der Waals surface area contributed by atoms with Gasteiger partial charge in [-0.15, -0.1) is 0 Å². The van der Waals surface area contributed by atoms with E-state index in [2.05, 4.69) is 10.6 Å². The van der Waals surface area contributed by atoms with Gasteiger partial charge in [-0.2, -0.15) is 0 Å². The summed E-state index contributed by atoms with van der Waals surface area (Å²) in [6.07, 6.45) is 3.17. The second-order valence-corrected chi connectivity index (χ2v) is 7.78. The van der Waals surface area contributed by atoms with Gasteiger partial charge in [0.05, 0.1) is 6.04 Å². The molecule has 0 aliphatic carbocycles.